The van der Waals surface area contributed by atoms with Crippen LogP contribution in [0.5, 0.6) is 11.6 Å². The van der Waals surface area contributed by atoms with E-state index in [1.54, 1.807) is 13.3 Å². The van der Waals surface area contributed by atoms with Crippen LogP contribution in [0, 0.1) is 0 Å². The molecule has 3 aromatic heterocycles. The summed E-state index contributed by atoms with van der Waals surface area (Å²) in [5.41, 5.74) is 5.65. The molecule has 4 aromatic rings. The van der Waals surface area contributed by atoms with Crippen molar-refractivity contribution in [2.75, 3.05) is 63.3 Å². The minimum atomic E-state index is 0.524. The van der Waals surface area contributed by atoms with Gasteiger partial charge in [0.1, 0.15) is 5.75 Å². The zero-order valence-electron chi connectivity index (χ0n) is 22.9. The molecule has 2 aliphatic heterocycles. The zero-order chi connectivity index (χ0) is 26.9. The number of benzene rings is 1. The summed E-state index contributed by atoms with van der Waals surface area (Å²) in [7, 11) is 1.73. The molecule has 0 spiro atoms. The molecule has 3 aliphatic rings. The number of anilines is 3. The minimum Gasteiger partial charge on any atom is -0.495 e. The summed E-state index contributed by atoms with van der Waals surface area (Å²) in [6.07, 6.45) is 12.5. The van der Waals surface area contributed by atoms with E-state index < -0.39 is 0 Å². The molecule has 1 aromatic carbocycles. The number of fused-ring (bicyclic) bond motifs is 2. The number of nitrogens with zero attached hydrogens (tertiary/aromatic N) is 6. The number of rotatable bonds is 9. The van der Waals surface area contributed by atoms with Gasteiger partial charge >= 0.3 is 0 Å². The Morgan fingerprint density at radius 3 is 2.85 bits per heavy atom. The second-order valence-electron chi connectivity index (χ2n) is 10.7. The fraction of sp³-hybridized carbons (Fsp3) is 0.433. The minimum absolute atomic E-state index is 0.524. The molecule has 40 heavy (non-hydrogen) atoms. The maximum absolute atomic E-state index is 5.84. The van der Waals surface area contributed by atoms with E-state index in [0.717, 1.165) is 104 Å². The summed E-state index contributed by atoms with van der Waals surface area (Å²) in [4.78, 5) is 18.9. The van der Waals surface area contributed by atoms with Gasteiger partial charge in [-0.2, -0.15) is 0 Å². The van der Waals surface area contributed by atoms with Crippen LogP contribution < -0.4 is 19.7 Å². The van der Waals surface area contributed by atoms with E-state index in [1.165, 1.54) is 12.8 Å². The topological polar surface area (TPSA) is 89.3 Å². The molecule has 10 heteroatoms. The van der Waals surface area contributed by atoms with Crippen LogP contribution in [0.3, 0.4) is 0 Å². The predicted octanol–water partition coefficient (Wildman–Crippen LogP) is 4.17. The molecule has 1 aliphatic carbocycles. The largest absolute Gasteiger partial charge is 0.495 e. The van der Waals surface area contributed by atoms with Gasteiger partial charge < -0.3 is 28.8 Å². The smallest absolute Gasteiger partial charge is 0.216 e. The Kier molecular flexibility index (Phi) is 6.86. The Morgan fingerprint density at radius 1 is 1.10 bits per heavy atom. The Bertz CT molecular complexity index is 1490. The Labute approximate surface area is 233 Å². The van der Waals surface area contributed by atoms with E-state index in [9.17, 15) is 0 Å². The van der Waals surface area contributed by atoms with Crippen LogP contribution in [0.1, 0.15) is 24.8 Å². The average molecular weight is 542 g/mol. The Balaban J connectivity index is 1.09. The lowest BCUT2D eigenvalue weighted by Gasteiger charge is -2.36. The highest BCUT2D eigenvalue weighted by Crippen LogP contribution is 2.34. The first kappa shape index (κ1) is 25.1. The first-order chi connectivity index (χ1) is 19.7. The summed E-state index contributed by atoms with van der Waals surface area (Å²) in [6, 6.07) is 8.39. The SMILES string of the molecule is COc1cc(Nc2nc(-c3cnc4c(c3)CCCO4)cn3ccnc23)ccc1N1CCN(CCOC2CC2)CC1. The van der Waals surface area contributed by atoms with Gasteiger partial charge in [0.25, 0.3) is 0 Å². The second-order valence-corrected chi connectivity index (χ2v) is 10.7. The maximum Gasteiger partial charge on any atom is 0.216 e. The third-order valence-corrected chi connectivity index (χ3v) is 7.87. The first-order valence-electron chi connectivity index (χ1n) is 14.2. The van der Waals surface area contributed by atoms with Crippen molar-refractivity contribution >= 4 is 22.8 Å². The van der Waals surface area contributed by atoms with E-state index in [4.69, 9.17) is 19.2 Å². The number of aryl methyl sites for hydroxylation is 1. The summed E-state index contributed by atoms with van der Waals surface area (Å²) >= 11 is 0. The van der Waals surface area contributed by atoms with Gasteiger partial charge in [0, 0.05) is 80.4 Å². The third kappa shape index (κ3) is 5.29. The summed E-state index contributed by atoms with van der Waals surface area (Å²) in [5, 5.41) is 3.49. The molecule has 10 nitrogen and oxygen atoms in total. The monoisotopic (exact) mass is 541 g/mol. The number of methoxy groups -OCH3 is 1. The van der Waals surface area contributed by atoms with Crippen molar-refractivity contribution in [2.45, 2.75) is 31.8 Å². The van der Waals surface area contributed by atoms with Crippen molar-refractivity contribution in [3.8, 4) is 22.9 Å². The molecule has 0 unspecified atom stereocenters. The predicted molar refractivity (Wildman–Crippen MR) is 154 cm³/mol. The van der Waals surface area contributed by atoms with Gasteiger partial charge in [-0.25, -0.2) is 15.0 Å². The van der Waals surface area contributed by atoms with Gasteiger partial charge in [0.05, 0.1) is 37.8 Å². The molecule has 0 radical (unpaired) electrons. The highest BCUT2D eigenvalue weighted by Gasteiger charge is 2.24. The first-order valence-corrected chi connectivity index (χ1v) is 14.2. The van der Waals surface area contributed by atoms with Crippen molar-refractivity contribution in [2.24, 2.45) is 0 Å². The lowest BCUT2D eigenvalue weighted by Crippen LogP contribution is -2.47. The highest BCUT2D eigenvalue weighted by atomic mass is 16.5. The average Bonchev–Trinajstić information content (AvgIpc) is 3.70. The van der Waals surface area contributed by atoms with Gasteiger partial charge in [-0.3, -0.25) is 4.90 Å². The summed E-state index contributed by atoms with van der Waals surface area (Å²) in [6.45, 7) is 6.54. The molecular weight excluding hydrogens is 506 g/mol. The lowest BCUT2D eigenvalue weighted by atomic mass is 10.1. The quantitative estimate of drug-likeness (QED) is 0.335. The fourth-order valence-electron chi connectivity index (χ4n) is 5.48. The van der Waals surface area contributed by atoms with Crippen molar-refractivity contribution in [3.05, 3.63) is 54.6 Å². The molecule has 1 N–H and O–H groups in total. The van der Waals surface area contributed by atoms with Crippen LogP contribution in [-0.4, -0.2) is 83.4 Å². The molecule has 0 bridgehead atoms. The number of nitrogens with one attached hydrogen (secondary N) is 1. The van der Waals surface area contributed by atoms with Crippen molar-refractivity contribution in [1.29, 1.82) is 0 Å². The van der Waals surface area contributed by atoms with Gasteiger partial charge in [0.15, 0.2) is 11.5 Å². The van der Waals surface area contributed by atoms with Crippen LogP contribution in [0.2, 0.25) is 0 Å². The molecule has 208 valence electrons. The van der Waals surface area contributed by atoms with Crippen molar-refractivity contribution < 1.29 is 14.2 Å². The van der Waals surface area contributed by atoms with Crippen LogP contribution in [-0.2, 0) is 11.2 Å². The van der Waals surface area contributed by atoms with E-state index >= 15 is 0 Å². The number of piperazine rings is 1. The highest BCUT2D eigenvalue weighted by molar-refractivity contribution is 5.76. The van der Waals surface area contributed by atoms with Crippen LogP contribution in [0.25, 0.3) is 16.9 Å². The van der Waals surface area contributed by atoms with Crippen molar-refractivity contribution in [1.82, 2.24) is 24.3 Å². The molecule has 7 rings (SSSR count). The third-order valence-electron chi connectivity index (χ3n) is 7.87. The molecule has 1 saturated carbocycles. The lowest BCUT2D eigenvalue weighted by molar-refractivity contribution is 0.0899. The Morgan fingerprint density at radius 2 is 2.00 bits per heavy atom. The summed E-state index contributed by atoms with van der Waals surface area (Å²) in [5.74, 6) is 2.24. The number of hydrogen-bond acceptors (Lipinski definition) is 9. The van der Waals surface area contributed by atoms with Crippen LogP contribution >= 0.6 is 0 Å². The molecule has 0 amide bonds. The van der Waals surface area contributed by atoms with Crippen molar-refractivity contribution in [3.63, 3.8) is 0 Å². The van der Waals surface area contributed by atoms with Crippen LogP contribution in [0.4, 0.5) is 17.2 Å². The molecular formula is C30H35N7O3. The number of imidazole rings is 1. The number of ether oxygens (including phenoxy) is 3. The van der Waals surface area contributed by atoms with E-state index in [0.29, 0.717) is 11.9 Å². The van der Waals surface area contributed by atoms with E-state index in [-0.39, 0.29) is 0 Å². The molecule has 5 heterocycles. The van der Waals surface area contributed by atoms with Gasteiger partial charge in [-0.1, -0.05) is 0 Å². The Hall–Kier alpha value is -3.89. The van der Waals surface area contributed by atoms with Gasteiger partial charge in [-0.05, 0) is 43.9 Å². The molecule has 1 saturated heterocycles. The fourth-order valence-corrected chi connectivity index (χ4v) is 5.48. The second kappa shape index (κ2) is 10.9. The number of pyridine rings is 1. The normalized spacial score (nSPS) is 17.5. The van der Waals surface area contributed by atoms with E-state index in [1.807, 2.05) is 29.1 Å². The van der Waals surface area contributed by atoms with Crippen LogP contribution in [0.15, 0.2) is 49.1 Å². The number of aromatic nitrogens is 4. The maximum atomic E-state index is 5.84. The zero-order valence-corrected chi connectivity index (χ0v) is 22.9. The standard InChI is InChI=1S/C30H35N7O3/c1-38-27-18-23(4-7-26(27)36-12-10-35(11-13-36)14-16-39-24-5-6-24)33-28-29-31-8-9-37(29)20-25(34-28)22-17-21-3-2-15-40-30(21)32-19-22/h4,7-9,17-20,24H,2-3,5-6,10-16H2,1H3,(H,33,34). The number of hydrogen-bond donors (Lipinski definition) is 1. The molecule has 0 atom stereocenters. The van der Waals surface area contributed by atoms with Gasteiger partial charge in [0.2, 0.25) is 5.88 Å². The van der Waals surface area contributed by atoms with Gasteiger partial charge in [-0.15, -0.1) is 0 Å². The molecule has 2 fully saturated rings. The van der Waals surface area contributed by atoms with E-state index in [2.05, 4.69) is 43.3 Å². The summed E-state index contributed by atoms with van der Waals surface area (Å²) < 4.78 is 19.4.